The highest BCUT2D eigenvalue weighted by atomic mass is 35.5. The van der Waals surface area contributed by atoms with Crippen LogP contribution in [0.15, 0.2) is 12.3 Å². The SMILES string of the molecule is Cc1cc(C(O)c2c(Cl)cnn2C(C)C)c(C)s1. The standard InChI is InChI=1S/C13H17ClN2OS/c1-7(2)16-12(11(14)6-15-16)13(17)10-5-8(3)18-9(10)4/h5-7,13,17H,1-4H3. The first-order valence-corrected chi connectivity index (χ1v) is 7.09. The van der Waals surface area contributed by atoms with Gasteiger partial charge in [0.15, 0.2) is 0 Å². The van der Waals surface area contributed by atoms with E-state index >= 15 is 0 Å². The molecule has 0 fully saturated rings. The summed E-state index contributed by atoms with van der Waals surface area (Å²) in [5.41, 5.74) is 1.59. The van der Waals surface area contributed by atoms with Gasteiger partial charge in [-0.25, -0.2) is 0 Å². The van der Waals surface area contributed by atoms with Crippen molar-refractivity contribution in [2.45, 2.75) is 39.8 Å². The third-order valence-electron chi connectivity index (χ3n) is 2.91. The second-order valence-corrected chi connectivity index (χ2v) is 6.55. The van der Waals surface area contributed by atoms with Gasteiger partial charge >= 0.3 is 0 Å². The predicted molar refractivity (Wildman–Crippen MR) is 75.5 cm³/mol. The van der Waals surface area contributed by atoms with E-state index < -0.39 is 6.10 Å². The quantitative estimate of drug-likeness (QED) is 0.929. The number of aromatic nitrogens is 2. The van der Waals surface area contributed by atoms with Gasteiger partial charge in [-0.1, -0.05) is 11.6 Å². The summed E-state index contributed by atoms with van der Waals surface area (Å²) in [5.74, 6) is 0. The van der Waals surface area contributed by atoms with Crippen molar-refractivity contribution in [3.63, 3.8) is 0 Å². The summed E-state index contributed by atoms with van der Waals surface area (Å²) in [4.78, 5) is 2.31. The maximum absolute atomic E-state index is 10.5. The van der Waals surface area contributed by atoms with Crippen LogP contribution < -0.4 is 0 Å². The number of hydrogen-bond acceptors (Lipinski definition) is 3. The van der Waals surface area contributed by atoms with Gasteiger partial charge in [-0.3, -0.25) is 4.68 Å². The summed E-state index contributed by atoms with van der Waals surface area (Å²) >= 11 is 7.84. The van der Waals surface area contributed by atoms with Crippen molar-refractivity contribution in [2.24, 2.45) is 0 Å². The molecule has 3 nitrogen and oxygen atoms in total. The highest BCUT2D eigenvalue weighted by Crippen LogP contribution is 2.34. The van der Waals surface area contributed by atoms with Crippen LogP contribution in [0, 0.1) is 13.8 Å². The third-order valence-corrected chi connectivity index (χ3v) is 4.18. The van der Waals surface area contributed by atoms with Crippen LogP contribution in [0.1, 0.15) is 47.0 Å². The fourth-order valence-electron chi connectivity index (χ4n) is 2.09. The molecule has 0 saturated carbocycles. The van der Waals surface area contributed by atoms with E-state index in [9.17, 15) is 5.11 Å². The van der Waals surface area contributed by atoms with Crippen LogP contribution in [0.4, 0.5) is 0 Å². The van der Waals surface area contributed by atoms with Crippen molar-refractivity contribution in [1.82, 2.24) is 9.78 Å². The number of aryl methyl sites for hydroxylation is 2. The molecule has 0 spiro atoms. The monoisotopic (exact) mass is 284 g/mol. The van der Waals surface area contributed by atoms with Crippen LogP contribution >= 0.6 is 22.9 Å². The molecule has 0 amide bonds. The number of aliphatic hydroxyl groups excluding tert-OH is 1. The summed E-state index contributed by atoms with van der Waals surface area (Å²) < 4.78 is 1.78. The van der Waals surface area contributed by atoms with Crippen molar-refractivity contribution >= 4 is 22.9 Å². The Labute approximate surface area is 116 Å². The minimum absolute atomic E-state index is 0.169. The molecule has 2 aromatic rings. The lowest BCUT2D eigenvalue weighted by atomic mass is 10.1. The molecule has 0 aliphatic carbocycles. The van der Waals surface area contributed by atoms with E-state index in [4.69, 9.17) is 11.6 Å². The Morgan fingerprint density at radius 1 is 1.39 bits per heavy atom. The lowest BCUT2D eigenvalue weighted by Gasteiger charge is -2.16. The summed E-state index contributed by atoms with van der Waals surface area (Å²) in [5, 5.41) is 15.3. The Bertz CT molecular complexity index is 559. The molecular formula is C13H17ClN2OS. The van der Waals surface area contributed by atoms with Crippen molar-refractivity contribution in [1.29, 1.82) is 0 Å². The van der Waals surface area contributed by atoms with E-state index in [2.05, 4.69) is 5.10 Å². The zero-order valence-corrected chi connectivity index (χ0v) is 12.5. The zero-order chi connectivity index (χ0) is 13.4. The number of halogens is 1. The largest absolute Gasteiger partial charge is 0.382 e. The Morgan fingerprint density at radius 3 is 2.56 bits per heavy atom. The van der Waals surface area contributed by atoms with Crippen LogP contribution in [0.3, 0.4) is 0 Å². The summed E-state index contributed by atoms with van der Waals surface area (Å²) in [6.07, 6.45) is 0.877. The molecule has 1 unspecified atom stereocenters. The van der Waals surface area contributed by atoms with E-state index in [0.29, 0.717) is 10.7 Å². The van der Waals surface area contributed by atoms with E-state index in [1.807, 2.05) is 33.8 Å². The third kappa shape index (κ3) is 2.32. The van der Waals surface area contributed by atoms with Gasteiger partial charge in [-0.15, -0.1) is 11.3 Å². The fourth-order valence-corrected chi connectivity index (χ4v) is 3.28. The van der Waals surface area contributed by atoms with Crippen molar-refractivity contribution in [2.75, 3.05) is 0 Å². The van der Waals surface area contributed by atoms with Gasteiger partial charge in [-0.05, 0) is 33.8 Å². The molecule has 0 bridgehead atoms. The molecular weight excluding hydrogens is 268 g/mol. The minimum Gasteiger partial charge on any atom is -0.382 e. The first kappa shape index (κ1) is 13.6. The molecule has 0 radical (unpaired) electrons. The van der Waals surface area contributed by atoms with Gasteiger partial charge in [0, 0.05) is 21.4 Å². The lowest BCUT2D eigenvalue weighted by molar-refractivity contribution is 0.205. The number of thiophene rings is 1. The smallest absolute Gasteiger partial charge is 0.123 e. The first-order valence-electron chi connectivity index (χ1n) is 5.89. The Morgan fingerprint density at radius 2 is 2.06 bits per heavy atom. The van der Waals surface area contributed by atoms with Crippen LogP contribution in [0.2, 0.25) is 5.02 Å². The fraction of sp³-hybridized carbons (Fsp3) is 0.462. The Balaban J connectivity index is 2.48. The van der Waals surface area contributed by atoms with Crippen molar-refractivity contribution in [3.8, 4) is 0 Å². The van der Waals surface area contributed by atoms with Crippen LogP contribution in [-0.4, -0.2) is 14.9 Å². The molecule has 1 atom stereocenters. The topological polar surface area (TPSA) is 38.1 Å². The molecule has 0 saturated heterocycles. The zero-order valence-electron chi connectivity index (χ0n) is 10.9. The van der Waals surface area contributed by atoms with Gasteiger partial charge in [0.2, 0.25) is 0 Å². The maximum atomic E-state index is 10.5. The molecule has 0 aromatic carbocycles. The van der Waals surface area contributed by atoms with Crippen LogP contribution in [0.25, 0.3) is 0 Å². The van der Waals surface area contributed by atoms with Crippen LogP contribution in [-0.2, 0) is 0 Å². The van der Waals surface area contributed by atoms with Gasteiger partial charge < -0.3 is 5.11 Å². The molecule has 0 aliphatic heterocycles. The minimum atomic E-state index is -0.715. The van der Waals surface area contributed by atoms with Gasteiger partial charge in [0.05, 0.1) is 16.9 Å². The van der Waals surface area contributed by atoms with E-state index in [1.54, 1.807) is 22.2 Å². The average molecular weight is 285 g/mol. The van der Waals surface area contributed by atoms with E-state index in [-0.39, 0.29) is 6.04 Å². The second kappa shape index (κ2) is 5.03. The predicted octanol–water partition coefficient (Wildman–Crippen LogP) is 3.88. The molecule has 2 rings (SSSR count). The van der Waals surface area contributed by atoms with E-state index in [0.717, 1.165) is 10.4 Å². The molecule has 2 heterocycles. The molecule has 98 valence electrons. The second-order valence-electron chi connectivity index (χ2n) is 4.69. The van der Waals surface area contributed by atoms with Crippen LogP contribution in [0.5, 0.6) is 0 Å². The normalized spacial score (nSPS) is 13.3. The number of hydrogen-bond donors (Lipinski definition) is 1. The highest BCUT2D eigenvalue weighted by Gasteiger charge is 2.23. The number of aliphatic hydroxyl groups is 1. The van der Waals surface area contributed by atoms with Crippen molar-refractivity contribution < 1.29 is 5.11 Å². The Kier molecular flexibility index (Phi) is 3.80. The number of rotatable bonds is 3. The summed E-state index contributed by atoms with van der Waals surface area (Å²) in [6.45, 7) is 8.09. The summed E-state index contributed by atoms with van der Waals surface area (Å²) in [6, 6.07) is 2.18. The molecule has 5 heteroatoms. The lowest BCUT2D eigenvalue weighted by Crippen LogP contribution is -2.12. The maximum Gasteiger partial charge on any atom is 0.123 e. The first-order chi connectivity index (χ1) is 8.41. The highest BCUT2D eigenvalue weighted by molar-refractivity contribution is 7.12. The Hall–Kier alpha value is -0.840. The molecule has 1 N–H and O–H groups in total. The average Bonchev–Trinajstić information content (AvgIpc) is 2.81. The molecule has 18 heavy (non-hydrogen) atoms. The van der Waals surface area contributed by atoms with Gasteiger partial charge in [0.1, 0.15) is 6.10 Å². The molecule has 2 aromatic heterocycles. The summed E-state index contributed by atoms with van der Waals surface area (Å²) in [7, 11) is 0. The molecule has 0 aliphatic rings. The van der Waals surface area contributed by atoms with Gasteiger partial charge in [0.25, 0.3) is 0 Å². The van der Waals surface area contributed by atoms with E-state index in [1.165, 1.54) is 4.88 Å². The van der Waals surface area contributed by atoms with Gasteiger partial charge in [-0.2, -0.15) is 5.10 Å². The van der Waals surface area contributed by atoms with Crippen molar-refractivity contribution in [3.05, 3.63) is 38.3 Å². The number of nitrogens with zero attached hydrogens (tertiary/aromatic N) is 2.